The molecule has 0 bridgehead atoms. The second-order valence-electron chi connectivity index (χ2n) is 8.19. The minimum absolute atomic E-state index is 0. The zero-order valence-corrected chi connectivity index (χ0v) is 22.3. The SMILES string of the molecule is CN1C(=O)CCc2cc(OCCCN(CCc3cccnc3)Cc3ccncc3)ccc21.Cl.Cl.Cl. The Bertz CT molecular complexity index is 1030. The van der Waals surface area contributed by atoms with Crippen molar-refractivity contribution in [2.45, 2.75) is 32.2 Å². The van der Waals surface area contributed by atoms with E-state index < -0.39 is 0 Å². The second-order valence-corrected chi connectivity index (χ2v) is 8.19. The van der Waals surface area contributed by atoms with Gasteiger partial charge in [0.15, 0.2) is 0 Å². The molecule has 3 heterocycles. The third-order valence-corrected chi connectivity index (χ3v) is 5.88. The minimum atomic E-state index is 0. The van der Waals surface area contributed by atoms with Gasteiger partial charge < -0.3 is 9.64 Å². The Hall–Kier alpha value is -2.38. The van der Waals surface area contributed by atoms with Crippen molar-refractivity contribution in [1.29, 1.82) is 0 Å². The fraction of sp³-hybridized carbons (Fsp3) is 0.346. The largest absolute Gasteiger partial charge is 0.494 e. The van der Waals surface area contributed by atoms with Gasteiger partial charge in [0, 0.05) is 63.6 Å². The van der Waals surface area contributed by atoms with Crippen LogP contribution in [0.15, 0.2) is 67.3 Å². The molecule has 1 amide bonds. The number of ether oxygens (including phenoxy) is 1. The van der Waals surface area contributed by atoms with E-state index in [0.29, 0.717) is 13.0 Å². The van der Waals surface area contributed by atoms with Gasteiger partial charge >= 0.3 is 0 Å². The number of fused-ring (bicyclic) bond motifs is 1. The summed E-state index contributed by atoms with van der Waals surface area (Å²) in [5.41, 5.74) is 4.69. The Balaban J connectivity index is 0.00000204. The molecule has 0 aliphatic carbocycles. The van der Waals surface area contributed by atoms with Crippen LogP contribution in [0, 0.1) is 0 Å². The Morgan fingerprint density at radius 2 is 1.74 bits per heavy atom. The molecule has 0 fully saturated rings. The number of aromatic nitrogens is 2. The fourth-order valence-corrected chi connectivity index (χ4v) is 4.05. The quantitative estimate of drug-likeness (QED) is 0.333. The molecule has 35 heavy (non-hydrogen) atoms. The van der Waals surface area contributed by atoms with E-state index in [1.54, 1.807) is 4.90 Å². The van der Waals surface area contributed by atoms with Crippen molar-refractivity contribution in [3.8, 4) is 5.75 Å². The third kappa shape index (κ3) is 8.97. The number of benzene rings is 1. The molecular formula is C26H33Cl3N4O2. The molecule has 0 spiro atoms. The predicted molar refractivity (Wildman–Crippen MR) is 147 cm³/mol. The lowest BCUT2D eigenvalue weighted by Crippen LogP contribution is -2.31. The number of halogens is 3. The zero-order valence-electron chi connectivity index (χ0n) is 19.8. The van der Waals surface area contributed by atoms with Gasteiger partial charge in [-0.25, -0.2) is 0 Å². The Kier molecular flexibility index (Phi) is 13.6. The van der Waals surface area contributed by atoms with Gasteiger partial charge in [-0.2, -0.15) is 0 Å². The van der Waals surface area contributed by atoms with Gasteiger partial charge in [-0.3, -0.25) is 19.7 Å². The highest BCUT2D eigenvalue weighted by Crippen LogP contribution is 2.30. The maximum atomic E-state index is 11.9. The van der Waals surface area contributed by atoms with E-state index in [0.717, 1.165) is 50.3 Å². The Labute approximate surface area is 226 Å². The monoisotopic (exact) mass is 538 g/mol. The number of pyridine rings is 2. The van der Waals surface area contributed by atoms with E-state index in [4.69, 9.17) is 4.74 Å². The smallest absolute Gasteiger partial charge is 0.227 e. The van der Waals surface area contributed by atoms with Crippen molar-refractivity contribution in [3.63, 3.8) is 0 Å². The molecule has 190 valence electrons. The molecule has 4 rings (SSSR count). The molecule has 0 saturated heterocycles. The van der Waals surface area contributed by atoms with Gasteiger partial charge in [-0.05, 0) is 72.4 Å². The molecule has 3 aromatic rings. The summed E-state index contributed by atoms with van der Waals surface area (Å²) < 4.78 is 6.05. The molecule has 0 N–H and O–H groups in total. The third-order valence-electron chi connectivity index (χ3n) is 5.88. The number of carbonyl (C=O) groups excluding carboxylic acids is 1. The molecule has 2 aromatic heterocycles. The first-order chi connectivity index (χ1) is 15.7. The van der Waals surface area contributed by atoms with Crippen LogP contribution in [0.4, 0.5) is 5.69 Å². The summed E-state index contributed by atoms with van der Waals surface area (Å²) in [7, 11) is 1.84. The summed E-state index contributed by atoms with van der Waals surface area (Å²) in [5.74, 6) is 1.05. The summed E-state index contributed by atoms with van der Waals surface area (Å²) in [5, 5.41) is 0. The lowest BCUT2D eigenvalue weighted by Gasteiger charge is -2.26. The van der Waals surface area contributed by atoms with Crippen molar-refractivity contribution in [3.05, 3.63) is 83.9 Å². The maximum Gasteiger partial charge on any atom is 0.227 e. The van der Waals surface area contributed by atoms with Crippen molar-refractivity contribution in [2.24, 2.45) is 0 Å². The van der Waals surface area contributed by atoms with Crippen LogP contribution < -0.4 is 9.64 Å². The zero-order chi connectivity index (χ0) is 22.2. The van der Waals surface area contributed by atoms with Crippen LogP contribution in [0.3, 0.4) is 0 Å². The van der Waals surface area contributed by atoms with Crippen LogP contribution in [0.1, 0.15) is 29.5 Å². The van der Waals surface area contributed by atoms with Crippen molar-refractivity contribution in [2.75, 3.05) is 31.6 Å². The number of hydrogen-bond acceptors (Lipinski definition) is 5. The first kappa shape index (κ1) is 30.7. The first-order valence-electron chi connectivity index (χ1n) is 11.2. The van der Waals surface area contributed by atoms with Crippen LogP contribution in [0.25, 0.3) is 0 Å². The van der Waals surface area contributed by atoms with Crippen molar-refractivity contribution < 1.29 is 9.53 Å². The molecule has 0 radical (unpaired) electrons. The van der Waals surface area contributed by atoms with Crippen molar-refractivity contribution >= 4 is 48.8 Å². The van der Waals surface area contributed by atoms with E-state index >= 15 is 0 Å². The van der Waals surface area contributed by atoms with Crippen LogP contribution >= 0.6 is 37.2 Å². The lowest BCUT2D eigenvalue weighted by molar-refractivity contribution is -0.118. The molecule has 1 aliphatic rings. The molecular weight excluding hydrogens is 507 g/mol. The second kappa shape index (κ2) is 15.6. The van der Waals surface area contributed by atoms with E-state index in [2.05, 4.69) is 39.1 Å². The normalized spacial score (nSPS) is 12.2. The Morgan fingerprint density at radius 3 is 2.49 bits per heavy atom. The summed E-state index contributed by atoms with van der Waals surface area (Å²) in [6, 6.07) is 14.3. The van der Waals surface area contributed by atoms with Gasteiger partial charge in [0.05, 0.1) is 6.61 Å². The number of aryl methyl sites for hydroxylation is 1. The van der Waals surface area contributed by atoms with Gasteiger partial charge in [-0.15, -0.1) is 37.2 Å². The Morgan fingerprint density at radius 1 is 0.943 bits per heavy atom. The highest BCUT2D eigenvalue weighted by molar-refractivity contribution is 5.95. The molecule has 1 aromatic carbocycles. The number of hydrogen-bond donors (Lipinski definition) is 0. The number of carbonyl (C=O) groups is 1. The predicted octanol–water partition coefficient (Wildman–Crippen LogP) is 5.16. The molecule has 0 saturated carbocycles. The highest BCUT2D eigenvalue weighted by atomic mass is 35.5. The van der Waals surface area contributed by atoms with Crippen molar-refractivity contribution in [1.82, 2.24) is 14.9 Å². The summed E-state index contributed by atoms with van der Waals surface area (Å²) in [6.07, 6.45) is 10.7. The number of amides is 1. The number of nitrogens with zero attached hydrogens (tertiary/aromatic N) is 4. The molecule has 0 unspecified atom stereocenters. The van der Waals surface area contributed by atoms with Gasteiger partial charge in [0.25, 0.3) is 0 Å². The fourth-order valence-electron chi connectivity index (χ4n) is 4.05. The number of anilines is 1. The first-order valence-corrected chi connectivity index (χ1v) is 11.2. The average Bonchev–Trinajstić information content (AvgIpc) is 2.84. The van der Waals surface area contributed by atoms with Crippen LogP contribution in [0.5, 0.6) is 5.75 Å². The summed E-state index contributed by atoms with van der Waals surface area (Å²) in [4.78, 5) is 24.4. The topological polar surface area (TPSA) is 58.6 Å². The van der Waals surface area contributed by atoms with Gasteiger partial charge in [-0.1, -0.05) is 6.07 Å². The summed E-state index contributed by atoms with van der Waals surface area (Å²) >= 11 is 0. The van der Waals surface area contributed by atoms with Gasteiger partial charge in [0.2, 0.25) is 5.91 Å². The minimum Gasteiger partial charge on any atom is -0.494 e. The molecule has 9 heteroatoms. The standard InChI is InChI=1S/C26H30N4O2.3ClH/c1-29-25-7-6-24(18-23(25)5-8-26(29)31)32-17-3-15-30(20-22-9-13-27-14-10-22)16-11-21-4-2-12-28-19-21;;;/h2,4,6-7,9-10,12-14,18-19H,3,5,8,11,15-17,20H2,1H3;3*1H. The van der Waals surface area contributed by atoms with Gasteiger partial charge in [0.1, 0.15) is 5.75 Å². The number of rotatable bonds is 10. The average molecular weight is 540 g/mol. The molecule has 1 aliphatic heterocycles. The molecule has 0 atom stereocenters. The molecule has 6 nitrogen and oxygen atoms in total. The van der Waals surface area contributed by atoms with Crippen LogP contribution in [-0.2, 0) is 24.2 Å². The van der Waals surface area contributed by atoms with E-state index in [1.165, 1.54) is 16.7 Å². The van der Waals surface area contributed by atoms with Crippen LogP contribution in [0.2, 0.25) is 0 Å². The van der Waals surface area contributed by atoms with E-state index in [1.807, 2.05) is 50.0 Å². The summed E-state index contributed by atoms with van der Waals surface area (Å²) in [6.45, 7) is 3.47. The maximum absolute atomic E-state index is 11.9. The van der Waals surface area contributed by atoms with Crippen LogP contribution in [-0.4, -0.2) is 47.5 Å². The van der Waals surface area contributed by atoms with E-state index in [-0.39, 0.29) is 43.1 Å². The lowest BCUT2D eigenvalue weighted by atomic mass is 10.0. The van der Waals surface area contributed by atoms with E-state index in [9.17, 15) is 4.79 Å². The highest BCUT2D eigenvalue weighted by Gasteiger charge is 2.21.